The topological polar surface area (TPSA) is 51.0 Å². The van der Waals surface area contributed by atoms with Crippen LogP contribution in [0.15, 0.2) is 28.8 Å². The highest BCUT2D eigenvalue weighted by Gasteiger charge is 2.20. The van der Waals surface area contributed by atoms with Crippen LogP contribution in [0.5, 0.6) is 0 Å². The Balaban J connectivity index is 1.59. The van der Waals surface area contributed by atoms with Crippen LogP contribution in [0.25, 0.3) is 0 Å². The molecule has 4 nitrogen and oxygen atoms in total. The van der Waals surface area contributed by atoms with E-state index in [0.29, 0.717) is 5.92 Å². The van der Waals surface area contributed by atoms with Gasteiger partial charge in [-0.2, -0.15) is 4.98 Å². The number of piperidine rings is 1. The molecule has 1 fully saturated rings. The Kier molecular flexibility index (Phi) is 4.11. The monoisotopic (exact) mass is 271 g/mol. The van der Waals surface area contributed by atoms with Gasteiger partial charge in [0.25, 0.3) is 0 Å². The molecular formula is C16H21N3O. The van der Waals surface area contributed by atoms with Gasteiger partial charge in [-0.3, -0.25) is 0 Å². The van der Waals surface area contributed by atoms with Crippen molar-refractivity contribution in [1.82, 2.24) is 15.5 Å². The Morgan fingerprint density at radius 1 is 1.25 bits per heavy atom. The Hall–Kier alpha value is -1.68. The summed E-state index contributed by atoms with van der Waals surface area (Å²) in [6.07, 6.45) is 3.99. The van der Waals surface area contributed by atoms with E-state index in [2.05, 4.69) is 46.6 Å². The lowest BCUT2D eigenvalue weighted by molar-refractivity contribution is 0.360. The van der Waals surface area contributed by atoms with Gasteiger partial charge >= 0.3 is 0 Å². The van der Waals surface area contributed by atoms with Crippen LogP contribution in [-0.4, -0.2) is 23.2 Å². The van der Waals surface area contributed by atoms with E-state index in [-0.39, 0.29) is 0 Å². The predicted molar refractivity (Wildman–Crippen MR) is 77.7 cm³/mol. The summed E-state index contributed by atoms with van der Waals surface area (Å²) >= 11 is 0. The first-order valence-corrected chi connectivity index (χ1v) is 7.40. The number of benzene rings is 1. The fourth-order valence-corrected chi connectivity index (χ4v) is 2.73. The molecule has 0 bridgehead atoms. The average molecular weight is 271 g/mol. The molecule has 2 heterocycles. The molecule has 1 aromatic heterocycles. The lowest BCUT2D eigenvalue weighted by atomic mass is 9.98. The summed E-state index contributed by atoms with van der Waals surface area (Å²) in [6, 6.07) is 8.57. The second-order valence-corrected chi connectivity index (χ2v) is 5.56. The number of aryl methyl sites for hydroxylation is 3. The van der Waals surface area contributed by atoms with Crippen LogP contribution < -0.4 is 5.32 Å². The molecule has 0 saturated carbocycles. The summed E-state index contributed by atoms with van der Waals surface area (Å²) in [4.78, 5) is 4.57. The smallest absolute Gasteiger partial charge is 0.226 e. The molecule has 0 atom stereocenters. The molecular weight excluding hydrogens is 250 g/mol. The lowest BCUT2D eigenvalue weighted by Gasteiger charge is -2.18. The second kappa shape index (κ2) is 6.18. The van der Waals surface area contributed by atoms with E-state index >= 15 is 0 Å². The van der Waals surface area contributed by atoms with Crippen molar-refractivity contribution >= 4 is 0 Å². The summed E-state index contributed by atoms with van der Waals surface area (Å²) < 4.78 is 5.39. The van der Waals surface area contributed by atoms with Crippen molar-refractivity contribution in [3.05, 3.63) is 47.1 Å². The first-order valence-electron chi connectivity index (χ1n) is 7.40. The molecule has 2 aromatic rings. The minimum Gasteiger partial charge on any atom is -0.339 e. The van der Waals surface area contributed by atoms with Crippen molar-refractivity contribution in [1.29, 1.82) is 0 Å². The molecule has 3 rings (SSSR count). The molecule has 1 saturated heterocycles. The molecule has 20 heavy (non-hydrogen) atoms. The van der Waals surface area contributed by atoms with Crippen LogP contribution in [0.2, 0.25) is 0 Å². The highest BCUT2D eigenvalue weighted by atomic mass is 16.5. The number of nitrogens with one attached hydrogen (secondary N) is 1. The number of nitrogens with zero attached hydrogens (tertiary/aromatic N) is 2. The van der Waals surface area contributed by atoms with Gasteiger partial charge in [0.15, 0.2) is 5.82 Å². The van der Waals surface area contributed by atoms with Gasteiger partial charge in [0.05, 0.1) is 0 Å². The van der Waals surface area contributed by atoms with Crippen molar-refractivity contribution < 1.29 is 4.52 Å². The SMILES string of the molecule is Cc1cccc(CCc2nc(C3CCNCC3)no2)c1. The molecule has 0 aliphatic carbocycles. The Bertz CT molecular complexity index is 558. The van der Waals surface area contributed by atoms with Crippen molar-refractivity contribution in [2.75, 3.05) is 13.1 Å². The summed E-state index contributed by atoms with van der Waals surface area (Å²) in [5, 5.41) is 7.51. The number of hydrogen-bond donors (Lipinski definition) is 1. The fourth-order valence-electron chi connectivity index (χ4n) is 2.73. The molecule has 0 unspecified atom stereocenters. The maximum atomic E-state index is 5.39. The van der Waals surface area contributed by atoms with Crippen molar-refractivity contribution in [3.8, 4) is 0 Å². The summed E-state index contributed by atoms with van der Waals surface area (Å²) in [5.74, 6) is 2.12. The Labute approximate surface area is 119 Å². The van der Waals surface area contributed by atoms with Gasteiger partial charge < -0.3 is 9.84 Å². The highest BCUT2D eigenvalue weighted by Crippen LogP contribution is 2.22. The second-order valence-electron chi connectivity index (χ2n) is 5.56. The third-order valence-corrected chi connectivity index (χ3v) is 3.90. The molecule has 1 aromatic carbocycles. The van der Waals surface area contributed by atoms with Crippen molar-refractivity contribution in [3.63, 3.8) is 0 Å². The largest absolute Gasteiger partial charge is 0.339 e. The standard InChI is InChI=1S/C16H21N3O/c1-12-3-2-4-13(11-12)5-6-15-18-16(19-20-15)14-7-9-17-10-8-14/h2-4,11,14,17H,5-10H2,1H3. The summed E-state index contributed by atoms with van der Waals surface area (Å²) in [6.45, 7) is 4.22. The molecule has 0 amide bonds. The molecule has 1 aliphatic rings. The molecule has 0 radical (unpaired) electrons. The summed E-state index contributed by atoms with van der Waals surface area (Å²) in [7, 11) is 0. The normalized spacial score (nSPS) is 16.4. The first-order chi connectivity index (χ1) is 9.81. The minimum absolute atomic E-state index is 0.465. The van der Waals surface area contributed by atoms with Gasteiger partial charge in [0, 0.05) is 12.3 Å². The zero-order chi connectivity index (χ0) is 13.8. The van der Waals surface area contributed by atoms with Crippen molar-refractivity contribution in [2.45, 2.75) is 38.5 Å². The van der Waals surface area contributed by atoms with E-state index in [9.17, 15) is 0 Å². The van der Waals surface area contributed by atoms with E-state index in [1.165, 1.54) is 11.1 Å². The van der Waals surface area contributed by atoms with E-state index in [0.717, 1.165) is 50.5 Å². The Morgan fingerprint density at radius 3 is 2.90 bits per heavy atom. The van der Waals surface area contributed by atoms with Gasteiger partial charge in [0.1, 0.15) is 0 Å². The minimum atomic E-state index is 0.465. The van der Waals surface area contributed by atoms with Gasteiger partial charge in [-0.05, 0) is 44.8 Å². The predicted octanol–water partition coefficient (Wildman–Crippen LogP) is 2.63. The third kappa shape index (κ3) is 3.25. The van der Waals surface area contributed by atoms with Crippen LogP contribution in [0.1, 0.15) is 41.6 Å². The maximum Gasteiger partial charge on any atom is 0.226 e. The van der Waals surface area contributed by atoms with Gasteiger partial charge in [-0.25, -0.2) is 0 Å². The molecule has 1 N–H and O–H groups in total. The maximum absolute atomic E-state index is 5.39. The van der Waals surface area contributed by atoms with E-state index in [4.69, 9.17) is 4.52 Å². The molecule has 1 aliphatic heterocycles. The molecule has 0 spiro atoms. The zero-order valence-electron chi connectivity index (χ0n) is 11.9. The number of hydrogen-bond acceptors (Lipinski definition) is 4. The lowest BCUT2D eigenvalue weighted by Crippen LogP contribution is -2.27. The fraction of sp³-hybridized carbons (Fsp3) is 0.500. The Morgan fingerprint density at radius 2 is 2.10 bits per heavy atom. The first kappa shape index (κ1) is 13.3. The van der Waals surface area contributed by atoms with Crippen LogP contribution >= 0.6 is 0 Å². The third-order valence-electron chi connectivity index (χ3n) is 3.90. The van der Waals surface area contributed by atoms with Crippen LogP contribution in [0, 0.1) is 6.92 Å². The van der Waals surface area contributed by atoms with Gasteiger partial charge in [-0.15, -0.1) is 0 Å². The van der Waals surface area contributed by atoms with Gasteiger partial charge in [0.2, 0.25) is 5.89 Å². The quantitative estimate of drug-likeness (QED) is 0.928. The zero-order valence-corrected chi connectivity index (χ0v) is 11.9. The van der Waals surface area contributed by atoms with Gasteiger partial charge in [-0.1, -0.05) is 35.0 Å². The average Bonchev–Trinajstić information content (AvgIpc) is 2.95. The van der Waals surface area contributed by atoms with Crippen LogP contribution in [-0.2, 0) is 12.8 Å². The number of aromatic nitrogens is 2. The summed E-state index contributed by atoms with van der Waals surface area (Å²) in [5.41, 5.74) is 2.62. The molecule has 106 valence electrons. The van der Waals surface area contributed by atoms with E-state index < -0.39 is 0 Å². The highest BCUT2D eigenvalue weighted by molar-refractivity contribution is 5.22. The van der Waals surface area contributed by atoms with E-state index in [1.807, 2.05) is 0 Å². The van der Waals surface area contributed by atoms with Crippen LogP contribution in [0.3, 0.4) is 0 Å². The van der Waals surface area contributed by atoms with Crippen LogP contribution in [0.4, 0.5) is 0 Å². The van der Waals surface area contributed by atoms with Crippen molar-refractivity contribution in [2.24, 2.45) is 0 Å². The van der Waals surface area contributed by atoms with E-state index in [1.54, 1.807) is 0 Å². The molecule has 4 heteroatoms. The number of rotatable bonds is 4.